The molecule has 1 aromatic carbocycles. The van der Waals surface area contributed by atoms with Crippen LogP contribution in [0.2, 0.25) is 0 Å². The van der Waals surface area contributed by atoms with E-state index in [2.05, 4.69) is 27.9 Å². The number of pyridine rings is 1. The maximum atomic E-state index is 6.06. The normalized spacial score (nSPS) is 18.5. The van der Waals surface area contributed by atoms with E-state index in [1.807, 2.05) is 34.9 Å². The zero-order valence-corrected chi connectivity index (χ0v) is 13.0. The molecule has 0 saturated carbocycles. The van der Waals surface area contributed by atoms with E-state index < -0.39 is 0 Å². The van der Waals surface area contributed by atoms with E-state index in [1.54, 1.807) is 6.33 Å². The highest BCUT2D eigenvalue weighted by Gasteiger charge is 2.20. The summed E-state index contributed by atoms with van der Waals surface area (Å²) in [7, 11) is 0. The SMILES string of the molecule is CC1COCCN1c1cc(N)nc(-n2cnc3ccccc32)c1. The monoisotopic (exact) mass is 309 g/mol. The maximum Gasteiger partial charge on any atom is 0.142 e. The first-order chi connectivity index (χ1) is 11.2. The lowest BCUT2D eigenvalue weighted by molar-refractivity contribution is 0.0989. The second kappa shape index (κ2) is 5.55. The van der Waals surface area contributed by atoms with Gasteiger partial charge in [-0.25, -0.2) is 9.97 Å². The van der Waals surface area contributed by atoms with Crippen LogP contribution in [-0.2, 0) is 4.74 Å². The van der Waals surface area contributed by atoms with Crippen molar-refractivity contribution >= 4 is 22.5 Å². The zero-order chi connectivity index (χ0) is 15.8. The van der Waals surface area contributed by atoms with Crippen molar-refractivity contribution in [3.63, 3.8) is 0 Å². The average Bonchev–Trinajstić information content (AvgIpc) is 2.99. The number of nitrogen functional groups attached to an aromatic ring is 1. The molecule has 118 valence electrons. The second-order valence-corrected chi connectivity index (χ2v) is 5.83. The molecule has 3 heterocycles. The van der Waals surface area contributed by atoms with Gasteiger partial charge in [0.25, 0.3) is 0 Å². The van der Waals surface area contributed by atoms with Crippen LogP contribution in [0, 0.1) is 0 Å². The van der Waals surface area contributed by atoms with E-state index in [0.717, 1.165) is 42.3 Å². The van der Waals surface area contributed by atoms with Gasteiger partial charge in [0.1, 0.15) is 18.0 Å². The topological polar surface area (TPSA) is 69.2 Å². The van der Waals surface area contributed by atoms with Gasteiger partial charge in [0.05, 0.1) is 24.2 Å². The molecule has 6 nitrogen and oxygen atoms in total. The number of rotatable bonds is 2. The summed E-state index contributed by atoms with van der Waals surface area (Å²) in [6.45, 7) is 4.47. The quantitative estimate of drug-likeness (QED) is 0.786. The minimum Gasteiger partial charge on any atom is -0.384 e. The van der Waals surface area contributed by atoms with Gasteiger partial charge in [0, 0.05) is 30.4 Å². The van der Waals surface area contributed by atoms with Crippen LogP contribution in [-0.4, -0.2) is 40.3 Å². The van der Waals surface area contributed by atoms with Gasteiger partial charge in [-0.1, -0.05) is 12.1 Å². The molecule has 0 bridgehead atoms. The van der Waals surface area contributed by atoms with Gasteiger partial charge in [0.15, 0.2) is 0 Å². The number of hydrogen-bond donors (Lipinski definition) is 1. The smallest absolute Gasteiger partial charge is 0.142 e. The number of aromatic nitrogens is 3. The number of hydrogen-bond acceptors (Lipinski definition) is 5. The molecule has 1 fully saturated rings. The van der Waals surface area contributed by atoms with Crippen LogP contribution in [0.1, 0.15) is 6.92 Å². The fraction of sp³-hybridized carbons (Fsp3) is 0.294. The highest BCUT2D eigenvalue weighted by atomic mass is 16.5. The first kappa shape index (κ1) is 14.0. The van der Waals surface area contributed by atoms with E-state index in [4.69, 9.17) is 10.5 Å². The fourth-order valence-corrected chi connectivity index (χ4v) is 3.06. The molecule has 3 aromatic rings. The Morgan fingerprint density at radius 3 is 3.00 bits per heavy atom. The molecule has 1 saturated heterocycles. The van der Waals surface area contributed by atoms with Crippen LogP contribution < -0.4 is 10.6 Å². The first-order valence-electron chi connectivity index (χ1n) is 7.77. The molecule has 0 amide bonds. The Morgan fingerprint density at radius 1 is 1.26 bits per heavy atom. The number of fused-ring (bicyclic) bond motifs is 1. The summed E-state index contributed by atoms with van der Waals surface area (Å²) in [6.07, 6.45) is 1.79. The van der Waals surface area contributed by atoms with Crippen molar-refractivity contribution in [2.75, 3.05) is 30.4 Å². The Hall–Kier alpha value is -2.60. The Kier molecular flexibility index (Phi) is 3.38. The Morgan fingerprint density at radius 2 is 2.13 bits per heavy atom. The lowest BCUT2D eigenvalue weighted by atomic mass is 10.2. The molecule has 1 unspecified atom stereocenters. The van der Waals surface area contributed by atoms with Gasteiger partial charge in [-0.15, -0.1) is 0 Å². The van der Waals surface area contributed by atoms with Crippen LogP contribution in [0.25, 0.3) is 16.9 Å². The summed E-state index contributed by atoms with van der Waals surface area (Å²) in [5.74, 6) is 1.29. The summed E-state index contributed by atoms with van der Waals surface area (Å²) in [5, 5.41) is 0. The minimum absolute atomic E-state index is 0.318. The first-order valence-corrected chi connectivity index (χ1v) is 7.77. The number of benzene rings is 1. The number of morpholine rings is 1. The number of para-hydroxylation sites is 2. The van der Waals surface area contributed by atoms with E-state index >= 15 is 0 Å². The van der Waals surface area contributed by atoms with Crippen molar-refractivity contribution in [2.24, 2.45) is 0 Å². The van der Waals surface area contributed by atoms with E-state index in [9.17, 15) is 0 Å². The van der Waals surface area contributed by atoms with E-state index in [1.165, 1.54) is 0 Å². The van der Waals surface area contributed by atoms with Crippen molar-refractivity contribution in [3.05, 3.63) is 42.7 Å². The predicted octanol–water partition coefficient (Wildman–Crippen LogP) is 2.23. The average molecular weight is 309 g/mol. The van der Waals surface area contributed by atoms with Crippen molar-refractivity contribution in [1.82, 2.24) is 14.5 Å². The van der Waals surface area contributed by atoms with E-state index in [-0.39, 0.29) is 0 Å². The number of ether oxygens (including phenoxy) is 1. The summed E-state index contributed by atoms with van der Waals surface area (Å²) < 4.78 is 7.49. The summed E-state index contributed by atoms with van der Waals surface area (Å²) in [6, 6.07) is 12.3. The molecule has 2 aromatic heterocycles. The molecule has 0 aliphatic carbocycles. The number of imidazole rings is 1. The minimum atomic E-state index is 0.318. The lowest BCUT2D eigenvalue weighted by Crippen LogP contribution is -2.43. The Balaban J connectivity index is 1.80. The fourth-order valence-electron chi connectivity index (χ4n) is 3.06. The van der Waals surface area contributed by atoms with Crippen molar-refractivity contribution in [3.8, 4) is 5.82 Å². The second-order valence-electron chi connectivity index (χ2n) is 5.83. The van der Waals surface area contributed by atoms with Crippen molar-refractivity contribution < 1.29 is 4.74 Å². The molecule has 23 heavy (non-hydrogen) atoms. The molecule has 1 atom stereocenters. The molecular weight excluding hydrogens is 290 g/mol. The lowest BCUT2D eigenvalue weighted by Gasteiger charge is -2.35. The van der Waals surface area contributed by atoms with Crippen LogP contribution in [0.5, 0.6) is 0 Å². The van der Waals surface area contributed by atoms with E-state index in [0.29, 0.717) is 11.9 Å². The third-order valence-electron chi connectivity index (χ3n) is 4.22. The highest BCUT2D eigenvalue weighted by molar-refractivity contribution is 5.77. The molecule has 0 spiro atoms. The number of anilines is 2. The Labute approximate surface area is 134 Å². The zero-order valence-electron chi connectivity index (χ0n) is 13.0. The molecular formula is C17H19N5O. The summed E-state index contributed by atoms with van der Waals surface area (Å²) in [5.41, 5.74) is 9.09. The van der Waals surface area contributed by atoms with Gasteiger partial charge >= 0.3 is 0 Å². The van der Waals surface area contributed by atoms with Gasteiger partial charge in [-0.3, -0.25) is 4.57 Å². The molecule has 6 heteroatoms. The number of nitrogens with two attached hydrogens (primary N) is 1. The maximum absolute atomic E-state index is 6.06. The predicted molar refractivity (Wildman–Crippen MR) is 90.9 cm³/mol. The van der Waals surface area contributed by atoms with Gasteiger partial charge in [-0.2, -0.15) is 0 Å². The molecule has 0 radical (unpaired) electrons. The highest BCUT2D eigenvalue weighted by Crippen LogP contribution is 2.25. The van der Waals surface area contributed by atoms with Crippen LogP contribution >= 0.6 is 0 Å². The largest absolute Gasteiger partial charge is 0.384 e. The van der Waals surface area contributed by atoms with Crippen LogP contribution in [0.15, 0.2) is 42.7 Å². The van der Waals surface area contributed by atoms with Crippen molar-refractivity contribution in [2.45, 2.75) is 13.0 Å². The Bertz CT molecular complexity index is 844. The van der Waals surface area contributed by atoms with Crippen molar-refractivity contribution in [1.29, 1.82) is 0 Å². The summed E-state index contributed by atoms with van der Waals surface area (Å²) in [4.78, 5) is 11.2. The molecule has 2 N–H and O–H groups in total. The summed E-state index contributed by atoms with van der Waals surface area (Å²) >= 11 is 0. The number of nitrogens with zero attached hydrogens (tertiary/aromatic N) is 4. The van der Waals surface area contributed by atoms with Crippen LogP contribution in [0.4, 0.5) is 11.5 Å². The molecule has 4 rings (SSSR count). The standard InChI is InChI=1S/C17H19N5O/c1-12-10-23-7-6-21(12)13-8-16(18)20-17(9-13)22-11-19-14-4-2-3-5-15(14)22/h2-5,8-9,11-12H,6-7,10H2,1H3,(H2,18,20). The van der Waals surface area contributed by atoms with Gasteiger partial charge in [0.2, 0.25) is 0 Å². The third-order valence-corrected chi connectivity index (χ3v) is 4.22. The van der Waals surface area contributed by atoms with Gasteiger partial charge in [-0.05, 0) is 19.1 Å². The third kappa shape index (κ3) is 2.51. The van der Waals surface area contributed by atoms with Crippen LogP contribution in [0.3, 0.4) is 0 Å². The molecule has 1 aliphatic rings. The van der Waals surface area contributed by atoms with Gasteiger partial charge < -0.3 is 15.4 Å². The molecule has 1 aliphatic heterocycles.